The van der Waals surface area contributed by atoms with Crippen molar-refractivity contribution in [3.8, 4) is 0 Å². The number of rotatable bonds is 2. The summed E-state index contributed by atoms with van der Waals surface area (Å²) in [4.78, 5) is 13.8. The summed E-state index contributed by atoms with van der Waals surface area (Å²) in [6.07, 6.45) is -0.496. The summed E-state index contributed by atoms with van der Waals surface area (Å²) in [7, 11) is 0. The summed E-state index contributed by atoms with van der Waals surface area (Å²) < 4.78 is 10.8. The molecule has 2 saturated heterocycles. The zero-order valence-electron chi connectivity index (χ0n) is 9.98. The van der Waals surface area contributed by atoms with Crippen molar-refractivity contribution in [2.45, 2.75) is 58.8 Å². The van der Waals surface area contributed by atoms with E-state index in [-0.39, 0.29) is 36.0 Å². The molecule has 0 N–H and O–H groups in total. The van der Waals surface area contributed by atoms with E-state index < -0.39 is 0 Å². The van der Waals surface area contributed by atoms with Crippen molar-refractivity contribution in [2.75, 3.05) is 0 Å². The Labute approximate surface area is 90.5 Å². The molecule has 0 spiro atoms. The highest BCUT2D eigenvalue weighted by atomic mass is 16.9. The molecule has 0 aromatic heterocycles. The van der Waals surface area contributed by atoms with Gasteiger partial charge in [0.25, 0.3) is 0 Å². The van der Waals surface area contributed by atoms with Crippen LogP contribution < -0.4 is 0 Å². The van der Waals surface area contributed by atoms with Gasteiger partial charge in [-0.3, -0.25) is 4.79 Å². The molecule has 0 saturated carbocycles. The van der Waals surface area contributed by atoms with Gasteiger partial charge in [-0.25, -0.2) is 0 Å². The van der Waals surface area contributed by atoms with E-state index in [1.807, 2.05) is 25.7 Å². The Bertz CT molecular complexity index is 282. The third-order valence-electron chi connectivity index (χ3n) is 3.33. The van der Waals surface area contributed by atoms with Gasteiger partial charge in [0.05, 0.1) is 5.54 Å². The molecule has 86 valence electrons. The lowest BCUT2D eigenvalue weighted by molar-refractivity contribution is -0.402. The molecule has 2 fully saturated rings. The van der Waals surface area contributed by atoms with E-state index in [1.165, 1.54) is 0 Å². The lowest BCUT2D eigenvalue weighted by Gasteiger charge is -2.59. The van der Waals surface area contributed by atoms with E-state index in [9.17, 15) is 4.79 Å². The number of carbonyl (C=O) groups is 1. The fraction of sp³-hybridized carbons (Fsp3) is 0.909. The summed E-state index contributed by atoms with van der Waals surface area (Å²) >= 11 is 0. The Morgan fingerprint density at radius 3 is 2.20 bits per heavy atom. The maximum Gasteiger partial charge on any atom is 0.233 e. The van der Waals surface area contributed by atoms with Crippen LogP contribution in [0.3, 0.4) is 0 Å². The molecule has 0 bridgehead atoms. The molecule has 0 aromatic carbocycles. The van der Waals surface area contributed by atoms with Crippen LogP contribution in [-0.2, 0) is 14.3 Å². The van der Waals surface area contributed by atoms with Gasteiger partial charge in [-0.2, -0.15) is 0 Å². The molecule has 0 radical (unpaired) electrons. The lowest BCUT2D eigenvalue weighted by Crippen LogP contribution is -2.75. The maximum absolute atomic E-state index is 11.9. The van der Waals surface area contributed by atoms with Crippen molar-refractivity contribution in [1.29, 1.82) is 0 Å². The highest BCUT2D eigenvalue weighted by molar-refractivity contribution is 5.88. The molecular weight excluding hydrogens is 194 g/mol. The fourth-order valence-corrected chi connectivity index (χ4v) is 2.73. The first-order chi connectivity index (χ1) is 6.85. The standard InChI is InChI=1S/C11H19NO3/c1-6(2)12-9(13)8(11(12,4)5)10-14-7(3)15-10/h6-8,10H,1-5H3. The van der Waals surface area contributed by atoms with Crippen LogP contribution in [0, 0.1) is 5.92 Å². The first-order valence-corrected chi connectivity index (χ1v) is 5.50. The quantitative estimate of drug-likeness (QED) is 0.650. The SMILES string of the molecule is CC1OC(C2C(=O)N(C(C)C)C2(C)C)O1. The topological polar surface area (TPSA) is 38.8 Å². The molecule has 15 heavy (non-hydrogen) atoms. The average Bonchev–Trinajstić information content (AvgIpc) is 1.99. The highest BCUT2D eigenvalue weighted by Gasteiger charge is 2.61. The van der Waals surface area contributed by atoms with Gasteiger partial charge in [-0.1, -0.05) is 0 Å². The smallest absolute Gasteiger partial charge is 0.233 e. The number of amides is 1. The van der Waals surface area contributed by atoms with E-state index in [2.05, 4.69) is 13.8 Å². The maximum atomic E-state index is 11.9. The van der Waals surface area contributed by atoms with Gasteiger partial charge in [0, 0.05) is 6.04 Å². The van der Waals surface area contributed by atoms with Crippen LogP contribution in [-0.4, -0.2) is 35.0 Å². The van der Waals surface area contributed by atoms with Crippen LogP contribution in [0.4, 0.5) is 0 Å². The second-order valence-corrected chi connectivity index (χ2v) is 5.14. The van der Waals surface area contributed by atoms with Crippen molar-refractivity contribution >= 4 is 5.91 Å². The molecule has 4 heteroatoms. The van der Waals surface area contributed by atoms with Gasteiger partial charge >= 0.3 is 0 Å². The number of ether oxygens (including phenoxy) is 2. The van der Waals surface area contributed by atoms with Crippen molar-refractivity contribution in [1.82, 2.24) is 4.90 Å². The van der Waals surface area contributed by atoms with Gasteiger partial charge in [-0.15, -0.1) is 0 Å². The second kappa shape index (κ2) is 3.19. The third kappa shape index (κ3) is 1.39. The minimum absolute atomic E-state index is 0.143. The first-order valence-electron chi connectivity index (χ1n) is 5.50. The van der Waals surface area contributed by atoms with Crippen molar-refractivity contribution in [2.24, 2.45) is 5.92 Å². The van der Waals surface area contributed by atoms with Crippen LogP contribution >= 0.6 is 0 Å². The largest absolute Gasteiger partial charge is 0.334 e. The lowest BCUT2D eigenvalue weighted by atomic mass is 9.74. The van der Waals surface area contributed by atoms with Gasteiger partial charge in [0.15, 0.2) is 12.6 Å². The number of hydrogen-bond acceptors (Lipinski definition) is 3. The molecule has 0 aliphatic carbocycles. The predicted molar refractivity (Wildman–Crippen MR) is 55.0 cm³/mol. The Hall–Kier alpha value is -0.610. The summed E-state index contributed by atoms with van der Waals surface area (Å²) in [6.45, 7) is 10.0. The normalized spacial score (nSPS) is 38.9. The summed E-state index contributed by atoms with van der Waals surface area (Å²) in [5.74, 6) is 0.00278. The minimum atomic E-state index is -0.336. The molecule has 2 heterocycles. The Kier molecular flexibility index (Phi) is 2.32. The van der Waals surface area contributed by atoms with Crippen molar-refractivity contribution < 1.29 is 14.3 Å². The molecule has 2 aliphatic rings. The Balaban J connectivity index is 2.07. The van der Waals surface area contributed by atoms with E-state index >= 15 is 0 Å². The molecule has 1 unspecified atom stereocenters. The van der Waals surface area contributed by atoms with Gasteiger partial charge in [0.1, 0.15) is 5.92 Å². The van der Waals surface area contributed by atoms with E-state index in [1.54, 1.807) is 0 Å². The van der Waals surface area contributed by atoms with E-state index in [4.69, 9.17) is 9.47 Å². The predicted octanol–water partition coefficient (Wildman–Crippen LogP) is 1.35. The van der Waals surface area contributed by atoms with Crippen LogP contribution in [0.25, 0.3) is 0 Å². The van der Waals surface area contributed by atoms with Crippen molar-refractivity contribution in [3.05, 3.63) is 0 Å². The zero-order chi connectivity index (χ0) is 11.4. The Morgan fingerprint density at radius 2 is 1.87 bits per heavy atom. The molecular formula is C11H19NO3. The molecule has 1 amide bonds. The molecule has 2 aliphatic heterocycles. The number of hydrogen-bond donors (Lipinski definition) is 0. The zero-order valence-corrected chi connectivity index (χ0v) is 9.98. The number of carbonyl (C=O) groups excluding carboxylic acids is 1. The number of β-lactam (4-membered cyclic amide) rings is 1. The molecule has 2 rings (SSSR count). The van der Waals surface area contributed by atoms with Crippen LogP contribution in [0.5, 0.6) is 0 Å². The monoisotopic (exact) mass is 213 g/mol. The number of nitrogens with zero attached hydrogens (tertiary/aromatic N) is 1. The van der Waals surface area contributed by atoms with E-state index in [0.29, 0.717) is 0 Å². The molecule has 0 aromatic rings. The minimum Gasteiger partial charge on any atom is -0.334 e. The van der Waals surface area contributed by atoms with Crippen LogP contribution in [0.15, 0.2) is 0 Å². The summed E-state index contributed by atoms with van der Waals surface area (Å²) in [5, 5.41) is 0. The van der Waals surface area contributed by atoms with Gasteiger partial charge in [0.2, 0.25) is 5.91 Å². The van der Waals surface area contributed by atoms with Gasteiger partial charge < -0.3 is 14.4 Å². The molecule has 1 atom stereocenters. The van der Waals surface area contributed by atoms with Crippen molar-refractivity contribution in [3.63, 3.8) is 0 Å². The average molecular weight is 213 g/mol. The first kappa shape index (κ1) is 10.9. The Morgan fingerprint density at radius 1 is 1.33 bits per heavy atom. The molecule has 4 nitrogen and oxygen atoms in total. The highest BCUT2D eigenvalue weighted by Crippen LogP contribution is 2.44. The van der Waals surface area contributed by atoms with Crippen LogP contribution in [0.2, 0.25) is 0 Å². The third-order valence-corrected chi connectivity index (χ3v) is 3.33. The number of likely N-dealkylation sites (tertiary alicyclic amines) is 1. The van der Waals surface area contributed by atoms with Gasteiger partial charge in [-0.05, 0) is 34.6 Å². The fourth-order valence-electron chi connectivity index (χ4n) is 2.73. The van der Waals surface area contributed by atoms with Crippen LogP contribution in [0.1, 0.15) is 34.6 Å². The second-order valence-electron chi connectivity index (χ2n) is 5.14. The summed E-state index contributed by atoms with van der Waals surface area (Å²) in [5.41, 5.74) is -0.157. The van der Waals surface area contributed by atoms with E-state index in [0.717, 1.165) is 0 Å². The summed E-state index contributed by atoms with van der Waals surface area (Å²) in [6, 6.07) is 0.237.